The van der Waals surface area contributed by atoms with Crippen molar-refractivity contribution in [3.8, 4) is 5.82 Å². The largest absolute Gasteiger partial charge is 0.326 e. The van der Waals surface area contributed by atoms with Crippen molar-refractivity contribution < 1.29 is 0 Å². The molecule has 0 fully saturated rings. The summed E-state index contributed by atoms with van der Waals surface area (Å²) in [6, 6.07) is 3.88. The molecule has 0 unspecified atom stereocenters. The van der Waals surface area contributed by atoms with Crippen LogP contribution < -0.4 is 5.73 Å². The first kappa shape index (κ1) is 7.94. The Hall–Kier alpha value is -1.68. The van der Waals surface area contributed by atoms with Crippen LogP contribution in [0, 0.1) is 0 Å². The first-order valence-corrected chi connectivity index (χ1v) is 4.03. The van der Waals surface area contributed by atoms with Crippen LogP contribution in [0.5, 0.6) is 0 Å². The van der Waals surface area contributed by atoms with E-state index in [1.807, 2.05) is 22.9 Å². The fourth-order valence-corrected chi connectivity index (χ4v) is 1.08. The quantitative estimate of drug-likeness (QED) is 0.730. The van der Waals surface area contributed by atoms with Crippen molar-refractivity contribution in [3.05, 3.63) is 42.6 Å². The van der Waals surface area contributed by atoms with Gasteiger partial charge in [-0.05, 0) is 11.6 Å². The van der Waals surface area contributed by atoms with E-state index in [1.165, 1.54) is 0 Å². The molecule has 0 saturated heterocycles. The van der Waals surface area contributed by atoms with Gasteiger partial charge < -0.3 is 5.73 Å². The summed E-state index contributed by atoms with van der Waals surface area (Å²) in [5, 5.41) is 0. The number of hydrogen-bond donors (Lipinski definition) is 1. The van der Waals surface area contributed by atoms with Crippen molar-refractivity contribution in [2.75, 3.05) is 0 Å². The Morgan fingerprint density at radius 3 is 2.85 bits per heavy atom. The van der Waals surface area contributed by atoms with Crippen molar-refractivity contribution in [2.45, 2.75) is 6.54 Å². The summed E-state index contributed by atoms with van der Waals surface area (Å²) >= 11 is 0. The highest BCUT2D eigenvalue weighted by Crippen LogP contribution is 2.04. The Kier molecular flexibility index (Phi) is 2.06. The molecule has 2 rings (SSSR count). The summed E-state index contributed by atoms with van der Waals surface area (Å²) < 4.78 is 1.85. The number of imidazole rings is 1. The number of aromatic nitrogens is 3. The van der Waals surface area contributed by atoms with Crippen molar-refractivity contribution in [1.29, 1.82) is 0 Å². The average Bonchev–Trinajstić information content (AvgIpc) is 2.71. The molecule has 0 aliphatic carbocycles. The van der Waals surface area contributed by atoms with Crippen LogP contribution in [0.15, 0.2) is 37.1 Å². The number of pyridine rings is 1. The molecule has 13 heavy (non-hydrogen) atoms. The van der Waals surface area contributed by atoms with E-state index >= 15 is 0 Å². The predicted octanol–water partition coefficient (Wildman–Crippen LogP) is 0.726. The van der Waals surface area contributed by atoms with E-state index in [0.717, 1.165) is 11.4 Å². The Balaban J connectivity index is 2.33. The summed E-state index contributed by atoms with van der Waals surface area (Å²) in [5.41, 5.74) is 6.49. The molecular formula is C9H10N4. The molecule has 0 aliphatic heterocycles. The van der Waals surface area contributed by atoms with Crippen molar-refractivity contribution in [3.63, 3.8) is 0 Å². The predicted molar refractivity (Wildman–Crippen MR) is 49.3 cm³/mol. The van der Waals surface area contributed by atoms with Crippen LogP contribution in [0.4, 0.5) is 0 Å². The summed E-state index contributed by atoms with van der Waals surface area (Å²) in [6.45, 7) is 0.525. The van der Waals surface area contributed by atoms with Gasteiger partial charge in [0.05, 0.1) is 0 Å². The summed E-state index contributed by atoms with van der Waals surface area (Å²) in [6.07, 6.45) is 7.06. The van der Waals surface area contributed by atoms with Crippen LogP contribution in [-0.2, 0) is 6.54 Å². The molecule has 0 aromatic carbocycles. The van der Waals surface area contributed by atoms with Gasteiger partial charge >= 0.3 is 0 Å². The molecule has 0 radical (unpaired) electrons. The monoisotopic (exact) mass is 174 g/mol. The Morgan fingerprint density at radius 1 is 1.38 bits per heavy atom. The lowest BCUT2D eigenvalue weighted by Crippen LogP contribution is -1.99. The Bertz CT molecular complexity index is 363. The van der Waals surface area contributed by atoms with Gasteiger partial charge in [-0.25, -0.2) is 9.97 Å². The van der Waals surface area contributed by atoms with Crippen LogP contribution in [0.25, 0.3) is 5.82 Å². The normalized spacial score (nSPS) is 10.2. The van der Waals surface area contributed by atoms with Crippen LogP contribution in [-0.4, -0.2) is 14.5 Å². The van der Waals surface area contributed by atoms with Gasteiger partial charge in [0.25, 0.3) is 0 Å². The second-order valence-electron chi connectivity index (χ2n) is 2.70. The fraction of sp³-hybridized carbons (Fsp3) is 0.111. The van der Waals surface area contributed by atoms with Gasteiger partial charge in [0.2, 0.25) is 0 Å². The van der Waals surface area contributed by atoms with Crippen LogP contribution >= 0.6 is 0 Å². The average molecular weight is 174 g/mol. The van der Waals surface area contributed by atoms with Crippen molar-refractivity contribution in [2.24, 2.45) is 5.73 Å². The van der Waals surface area contributed by atoms with E-state index < -0.39 is 0 Å². The highest BCUT2D eigenvalue weighted by atomic mass is 15.1. The molecule has 0 amide bonds. The summed E-state index contributed by atoms with van der Waals surface area (Å²) in [7, 11) is 0. The van der Waals surface area contributed by atoms with E-state index in [1.54, 1.807) is 18.7 Å². The van der Waals surface area contributed by atoms with E-state index in [-0.39, 0.29) is 0 Å². The molecule has 0 aliphatic rings. The third-order valence-electron chi connectivity index (χ3n) is 1.81. The van der Waals surface area contributed by atoms with Crippen LogP contribution in [0.1, 0.15) is 5.56 Å². The first-order chi connectivity index (χ1) is 6.40. The molecule has 2 aromatic rings. The third kappa shape index (κ3) is 1.57. The van der Waals surface area contributed by atoms with E-state index in [0.29, 0.717) is 6.54 Å². The molecule has 0 atom stereocenters. The third-order valence-corrected chi connectivity index (χ3v) is 1.81. The highest BCUT2D eigenvalue weighted by Gasteiger charge is 1.95. The molecule has 4 heteroatoms. The molecule has 2 N–H and O–H groups in total. The second-order valence-corrected chi connectivity index (χ2v) is 2.70. The van der Waals surface area contributed by atoms with E-state index in [9.17, 15) is 0 Å². The van der Waals surface area contributed by atoms with E-state index in [4.69, 9.17) is 5.73 Å². The number of hydrogen-bond acceptors (Lipinski definition) is 3. The second kappa shape index (κ2) is 3.37. The fourth-order valence-electron chi connectivity index (χ4n) is 1.08. The maximum absolute atomic E-state index is 5.46. The maximum Gasteiger partial charge on any atom is 0.137 e. The Labute approximate surface area is 76.1 Å². The summed E-state index contributed by atoms with van der Waals surface area (Å²) in [5.74, 6) is 0.856. The lowest BCUT2D eigenvalue weighted by Gasteiger charge is -2.01. The van der Waals surface area contributed by atoms with Gasteiger partial charge in [0.15, 0.2) is 0 Å². The lowest BCUT2D eigenvalue weighted by molar-refractivity contribution is 0.969. The van der Waals surface area contributed by atoms with Gasteiger partial charge in [-0.15, -0.1) is 0 Å². The molecular weight excluding hydrogens is 164 g/mol. The van der Waals surface area contributed by atoms with Gasteiger partial charge in [-0.1, -0.05) is 6.07 Å². The minimum Gasteiger partial charge on any atom is -0.326 e. The minimum atomic E-state index is 0.525. The molecule has 0 bridgehead atoms. The molecule has 4 nitrogen and oxygen atoms in total. The minimum absolute atomic E-state index is 0.525. The zero-order chi connectivity index (χ0) is 9.10. The molecule has 2 heterocycles. The molecule has 66 valence electrons. The lowest BCUT2D eigenvalue weighted by atomic mass is 10.3. The van der Waals surface area contributed by atoms with Crippen LogP contribution in [0.2, 0.25) is 0 Å². The van der Waals surface area contributed by atoms with E-state index in [2.05, 4.69) is 9.97 Å². The van der Waals surface area contributed by atoms with Gasteiger partial charge in [0, 0.05) is 25.1 Å². The number of nitrogens with two attached hydrogens (primary N) is 1. The number of nitrogens with zero attached hydrogens (tertiary/aromatic N) is 3. The highest BCUT2D eigenvalue weighted by molar-refractivity contribution is 5.25. The molecule has 0 saturated carbocycles. The zero-order valence-corrected chi connectivity index (χ0v) is 7.09. The van der Waals surface area contributed by atoms with Crippen molar-refractivity contribution >= 4 is 0 Å². The first-order valence-electron chi connectivity index (χ1n) is 4.03. The maximum atomic E-state index is 5.46. The topological polar surface area (TPSA) is 56.7 Å². The van der Waals surface area contributed by atoms with Crippen LogP contribution in [0.3, 0.4) is 0 Å². The molecule has 0 spiro atoms. The smallest absolute Gasteiger partial charge is 0.137 e. The Morgan fingerprint density at radius 2 is 2.31 bits per heavy atom. The van der Waals surface area contributed by atoms with Gasteiger partial charge in [0.1, 0.15) is 12.1 Å². The summed E-state index contributed by atoms with van der Waals surface area (Å²) in [4.78, 5) is 8.17. The van der Waals surface area contributed by atoms with Gasteiger partial charge in [-0.3, -0.25) is 4.57 Å². The SMILES string of the molecule is NCc1ccc(-n2ccnc2)nc1. The molecule has 2 aromatic heterocycles. The number of rotatable bonds is 2. The van der Waals surface area contributed by atoms with Gasteiger partial charge in [-0.2, -0.15) is 0 Å². The van der Waals surface area contributed by atoms with Crippen molar-refractivity contribution in [1.82, 2.24) is 14.5 Å². The zero-order valence-electron chi connectivity index (χ0n) is 7.09. The standard InChI is InChI=1S/C9H10N4/c10-5-8-1-2-9(12-6-8)13-4-3-11-7-13/h1-4,6-7H,5,10H2.